The maximum absolute atomic E-state index is 13.1. The van der Waals surface area contributed by atoms with Gasteiger partial charge in [-0.3, -0.25) is 4.57 Å². The summed E-state index contributed by atoms with van der Waals surface area (Å²) >= 11 is 0. The van der Waals surface area contributed by atoms with Crippen molar-refractivity contribution in [2.45, 2.75) is 33.0 Å². The number of aryl methyl sites for hydroxylation is 3. The molecule has 168 valence electrons. The number of nitrogens with zero attached hydrogens (tertiary/aromatic N) is 2. The lowest BCUT2D eigenvalue weighted by atomic mass is 9.96. The van der Waals surface area contributed by atoms with E-state index in [0.29, 0.717) is 47.0 Å². The van der Waals surface area contributed by atoms with Gasteiger partial charge in [-0.25, -0.2) is 4.79 Å². The first-order chi connectivity index (χ1) is 15.1. The number of halogens is 3. The highest BCUT2D eigenvalue weighted by atomic mass is 19.4. The highest BCUT2D eigenvalue weighted by Gasteiger charge is 2.31. The highest BCUT2D eigenvalue weighted by molar-refractivity contribution is 5.74. The average molecular weight is 445 g/mol. The van der Waals surface area contributed by atoms with E-state index in [2.05, 4.69) is 10.3 Å². The summed E-state index contributed by atoms with van der Waals surface area (Å²) in [5.41, 5.74) is 2.61. The number of hydrogen-bond donors (Lipinski definition) is 1. The molecule has 1 N–H and O–H groups in total. The molecular weight excluding hydrogens is 423 g/mol. The van der Waals surface area contributed by atoms with Gasteiger partial charge in [-0.05, 0) is 61.2 Å². The molecule has 1 aliphatic rings. The van der Waals surface area contributed by atoms with E-state index in [4.69, 9.17) is 9.47 Å². The maximum Gasteiger partial charge on any atom is 0.416 e. The van der Waals surface area contributed by atoms with Crippen LogP contribution in [0.5, 0.6) is 11.5 Å². The fourth-order valence-electron chi connectivity index (χ4n) is 4.06. The zero-order chi connectivity index (χ0) is 23.2. The Balaban J connectivity index is 1.79. The van der Waals surface area contributed by atoms with Gasteiger partial charge in [0.2, 0.25) is 0 Å². The van der Waals surface area contributed by atoms with Crippen molar-refractivity contribution in [2.24, 2.45) is 0 Å². The van der Waals surface area contributed by atoms with Gasteiger partial charge in [0.15, 0.2) is 11.5 Å². The molecule has 0 amide bonds. The highest BCUT2D eigenvalue weighted by Crippen LogP contribution is 2.39. The first-order valence-electron chi connectivity index (χ1n) is 9.95. The monoisotopic (exact) mass is 445 g/mol. The number of hydrogen-bond acceptors (Lipinski definition) is 5. The van der Waals surface area contributed by atoms with Gasteiger partial charge in [0, 0.05) is 23.9 Å². The lowest BCUT2D eigenvalue weighted by Crippen LogP contribution is -2.28. The molecule has 9 heteroatoms. The van der Waals surface area contributed by atoms with Crippen LogP contribution in [0.4, 0.5) is 24.7 Å². The van der Waals surface area contributed by atoms with Gasteiger partial charge in [0.05, 0.1) is 25.5 Å². The first-order valence-corrected chi connectivity index (χ1v) is 9.95. The van der Waals surface area contributed by atoms with Crippen molar-refractivity contribution < 1.29 is 22.6 Å². The van der Waals surface area contributed by atoms with Crippen LogP contribution in [0.25, 0.3) is 11.3 Å². The molecule has 2 aromatic carbocycles. The minimum Gasteiger partial charge on any atom is -0.493 e. The van der Waals surface area contributed by atoms with Crippen molar-refractivity contribution in [3.05, 3.63) is 63.1 Å². The van der Waals surface area contributed by atoms with Crippen LogP contribution in [0.2, 0.25) is 0 Å². The molecule has 0 saturated heterocycles. The van der Waals surface area contributed by atoms with Gasteiger partial charge in [-0.1, -0.05) is 0 Å². The number of aromatic nitrogens is 2. The predicted molar refractivity (Wildman–Crippen MR) is 115 cm³/mol. The minimum absolute atomic E-state index is 0.259. The molecule has 0 spiro atoms. The van der Waals surface area contributed by atoms with Crippen LogP contribution in [0.3, 0.4) is 0 Å². The third-order valence-corrected chi connectivity index (χ3v) is 5.61. The van der Waals surface area contributed by atoms with Crippen molar-refractivity contribution in [3.8, 4) is 22.8 Å². The molecular formula is C23H22F3N3O3. The van der Waals surface area contributed by atoms with Crippen LogP contribution in [0, 0.1) is 13.8 Å². The standard InChI is InChI=1S/C23H22F3N3O3/c1-12-7-15(23(24,25)26)8-13(2)21(12)27-20-11-17-16-10-19(32-4)18(31-3)9-14(16)5-6-29(17)22(30)28-20/h7-11H,5-6H2,1-4H3,(H,27,28,30). The Kier molecular flexibility index (Phi) is 5.36. The molecule has 6 nitrogen and oxygen atoms in total. The van der Waals surface area contributed by atoms with E-state index in [1.165, 1.54) is 7.11 Å². The van der Waals surface area contributed by atoms with Crippen molar-refractivity contribution in [2.75, 3.05) is 19.5 Å². The number of ether oxygens (including phenoxy) is 2. The topological polar surface area (TPSA) is 65.4 Å². The number of methoxy groups -OCH3 is 2. The van der Waals surface area contributed by atoms with E-state index in [1.807, 2.05) is 12.1 Å². The molecule has 0 bridgehead atoms. The van der Waals surface area contributed by atoms with E-state index in [-0.39, 0.29) is 5.82 Å². The second kappa shape index (κ2) is 7.89. The number of fused-ring (bicyclic) bond motifs is 3. The number of anilines is 2. The summed E-state index contributed by atoms with van der Waals surface area (Å²) in [6.45, 7) is 3.63. The summed E-state index contributed by atoms with van der Waals surface area (Å²) in [6.07, 6.45) is -3.80. The molecule has 32 heavy (non-hydrogen) atoms. The molecule has 1 aliphatic heterocycles. The summed E-state index contributed by atoms with van der Waals surface area (Å²) < 4.78 is 51.7. The Labute approximate surface area is 182 Å². The van der Waals surface area contributed by atoms with Gasteiger partial charge >= 0.3 is 11.9 Å². The molecule has 2 heterocycles. The summed E-state index contributed by atoms with van der Waals surface area (Å²) in [4.78, 5) is 16.8. The molecule has 4 rings (SSSR count). The second-order valence-electron chi connectivity index (χ2n) is 7.68. The fourth-order valence-corrected chi connectivity index (χ4v) is 4.06. The van der Waals surface area contributed by atoms with Crippen molar-refractivity contribution in [3.63, 3.8) is 0 Å². The lowest BCUT2D eigenvalue weighted by Gasteiger charge is -2.24. The molecule has 0 radical (unpaired) electrons. The second-order valence-corrected chi connectivity index (χ2v) is 7.68. The normalized spacial score (nSPS) is 12.7. The van der Waals surface area contributed by atoms with E-state index in [0.717, 1.165) is 23.3 Å². The molecule has 0 saturated carbocycles. The van der Waals surface area contributed by atoms with Crippen molar-refractivity contribution >= 4 is 11.5 Å². The third kappa shape index (κ3) is 3.79. The molecule has 1 aromatic heterocycles. The van der Waals surface area contributed by atoms with Gasteiger partial charge in [0.1, 0.15) is 5.82 Å². The Morgan fingerprint density at radius 2 is 1.62 bits per heavy atom. The SMILES string of the molecule is COc1cc2c(cc1OC)-c1cc(Nc3c(C)cc(C(F)(F)F)cc3C)nc(=O)n1CC2. The zero-order valence-electron chi connectivity index (χ0n) is 18.1. The minimum atomic E-state index is -4.43. The van der Waals surface area contributed by atoms with Gasteiger partial charge in [-0.15, -0.1) is 0 Å². The van der Waals surface area contributed by atoms with Crippen LogP contribution < -0.4 is 20.5 Å². The molecule has 0 atom stereocenters. The summed E-state index contributed by atoms with van der Waals surface area (Å²) in [5, 5.41) is 3.04. The molecule has 0 unspecified atom stereocenters. The third-order valence-electron chi connectivity index (χ3n) is 5.61. The smallest absolute Gasteiger partial charge is 0.416 e. The van der Waals surface area contributed by atoms with Gasteiger partial charge in [-0.2, -0.15) is 18.2 Å². The van der Waals surface area contributed by atoms with Crippen LogP contribution in [0.1, 0.15) is 22.3 Å². The van der Waals surface area contributed by atoms with E-state index >= 15 is 0 Å². The van der Waals surface area contributed by atoms with Crippen LogP contribution in [-0.4, -0.2) is 23.8 Å². The summed E-state index contributed by atoms with van der Waals surface area (Å²) in [7, 11) is 3.10. The van der Waals surface area contributed by atoms with Crippen molar-refractivity contribution in [1.29, 1.82) is 0 Å². The average Bonchev–Trinajstić information content (AvgIpc) is 2.74. The summed E-state index contributed by atoms with van der Waals surface area (Å²) in [5.74, 6) is 1.40. The Bertz CT molecular complexity index is 1240. The molecule has 3 aromatic rings. The van der Waals surface area contributed by atoms with E-state index in [9.17, 15) is 18.0 Å². The van der Waals surface area contributed by atoms with Gasteiger partial charge < -0.3 is 14.8 Å². The number of benzene rings is 2. The zero-order valence-corrected chi connectivity index (χ0v) is 18.1. The van der Waals surface area contributed by atoms with E-state index in [1.54, 1.807) is 31.6 Å². The number of rotatable bonds is 4. The predicted octanol–water partition coefficient (Wildman–Crippen LogP) is 4.86. The maximum atomic E-state index is 13.1. The van der Waals surface area contributed by atoms with Crippen LogP contribution >= 0.6 is 0 Å². The quantitative estimate of drug-likeness (QED) is 0.621. The van der Waals surface area contributed by atoms with Gasteiger partial charge in [0.25, 0.3) is 0 Å². The molecule has 0 aliphatic carbocycles. The molecule has 0 fully saturated rings. The summed E-state index contributed by atoms with van der Waals surface area (Å²) in [6, 6.07) is 7.58. The number of nitrogens with one attached hydrogen (secondary N) is 1. The van der Waals surface area contributed by atoms with Crippen LogP contribution in [0.15, 0.2) is 35.1 Å². The lowest BCUT2D eigenvalue weighted by molar-refractivity contribution is -0.137. The Morgan fingerprint density at radius 1 is 1.00 bits per heavy atom. The Morgan fingerprint density at radius 3 is 2.22 bits per heavy atom. The largest absolute Gasteiger partial charge is 0.493 e. The fraction of sp³-hybridized carbons (Fsp3) is 0.304. The van der Waals surface area contributed by atoms with Crippen LogP contribution in [-0.2, 0) is 19.1 Å². The van der Waals surface area contributed by atoms with E-state index < -0.39 is 17.4 Å². The number of alkyl halides is 3. The van der Waals surface area contributed by atoms with Crippen molar-refractivity contribution in [1.82, 2.24) is 9.55 Å². The first kappa shape index (κ1) is 21.7. The Hall–Kier alpha value is -3.49.